The van der Waals surface area contributed by atoms with Gasteiger partial charge in [-0.3, -0.25) is 0 Å². The van der Waals surface area contributed by atoms with Gasteiger partial charge in [0.05, 0.1) is 0 Å². The summed E-state index contributed by atoms with van der Waals surface area (Å²) in [6.45, 7) is 12.8. The summed E-state index contributed by atoms with van der Waals surface area (Å²) in [7, 11) is 0. The Kier molecular flexibility index (Phi) is 9.18. The van der Waals surface area contributed by atoms with E-state index in [0.29, 0.717) is 0 Å². The lowest BCUT2D eigenvalue weighted by Crippen LogP contribution is -2.37. The molecule has 0 aromatic heterocycles. The molecule has 0 radical (unpaired) electrons. The van der Waals surface area contributed by atoms with E-state index in [9.17, 15) is 0 Å². The molecule has 0 fully saturated rings. The van der Waals surface area contributed by atoms with Crippen LogP contribution in [0, 0.1) is 11.8 Å². The maximum Gasteiger partial charge on any atom is 0.00952 e. The van der Waals surface area contributed by atoms with E-state index in [4.69, 9.17) is 0 Å². The second-order valence-electron chi connectivity index (χ2n) is 4.86. The molecule has 0 aromatic carbocycles. The van der Waals surface area contributed by atoms with Crippen molar-refractivity contribution < 1.29 is 0 Å². The highest BCUT2D eigenvalue weighted by Crippen LogP contribution is 2.20. The van der Waals surface area contributed by atoms with Gasteiger partial charge in [0.1, 0.15) is 0 Å². The third-order valence-electron chi connectivity index (χ3n) is 3.73. The zero-order valence-electron chi connectivity index (χ0n) is 11.5. The molecule has 2 atom stereocenters. The lowest BCUT2D eigenvalue weighted by molar-refractivity contribution is 0.290. The van der Waals surface area contributed by atoms with Crippen molar-refractivity contribution in [2.24, 2.45) is 11.8 Å². The van der Waals surface area contributed by atoms with E-state index in [1.54, 1.807) is 0 Å². The van der Waals surface area contributed by atoms with E-state index < -0.39 is 0 Å². The highest BCUT2D eigenvalue weighted by molar-refractivity contribution is 4.75. The topological polar surface area (TPSA) is 12.0 Å². The molecule has 0 bridgehead atoms. The molecule has 2 unspecified atom stereocenters. The van der Waals surface area contributed by atoms with Gasteiger partial charge in [-0.15, -0.1) is 0 Å². The van der Waals surface area contributed by atoms with Crippen LogP contribution in [-0.2, 0) is 0 Å². The van der Waals surface area contributed by atoms with Crippen molar-refractivity contribution in [1.82, 2.24) is 5.32 Å². The fraction of sp³-hybridized carbons (Fsp3) is 1.00. The van der Waals surface area contributed by atoms with Crippen molar-refractivity contribution in [1.29, 1.82) is 0 Å². The number of rotatable bonds is 9. The Labute approximate surface area is 97.0 Å². The van der Waals surface area contributed by atoms with Gasteiger partial charge in [-0.25, -0.2) is 0 Å². The lowest BCUT2D eigenvalue weighted by Gasteiger charge is -2.27. The van der Waals surface area contributed by atoms with Crippen LogP contribution in [0.1, 0.15) is 66.7 Å². The molecule has 0 aliphatic heterocycles. The van der Waals surface area contributed by atoms with Gasteiger partial charge >= 0.3 is 0 Å². The highest BCUT2D eigenvalue weighted by atomic mass is 14.9. The van der Waals surface area contributed by atoms with Gasteiger partial charge in [0.2, 0.25) is 0 Å². The summed E-state index contributed by atoms with van der Waals surface area (Å²) in [4.78, 5) is 0. The summed E-state index contributed by atoms with van der Waals surface area (Å²) < 4.78 is 0. The van der Waals surface area contributed by atoms with Crippen LogP contribution in [0.25, 0.3) is 0 Å². The largest absolute Gasteiger partial charge is 0.314 e. The summed E-state index contributed by atoms with van der Waals surface area (Å²) in [6.07, 6.45) is 6.56. The fourth-order valence-electron chi connectivity index (χ4n) is 2.11. The van der Waals surface area contributed by atoms with Gasteiger partial charge in [-0.05, 0) is 31.2 Å². The normalized spacial score (nSPS) is 15.6. The molecule has 15 heavy (non-hydrogen) atoms. The van der Waals surface area contributed by atoms with Gasteiger partial charge in [0.15, 0.2) is 0 Å². The van der Waals surface area contributed by atoms with Crippen LogP contribution in [-0.4, -0.2) is 12.6 Å². The molecule has 0 spiro atoms. The molecule has 0 saturated carbocycles. The summed E-state index contributed by atoms with van der Waals surface area (Å²) in [5.74, 6) is 1.73. The molecule has 1 N–H and O–H groups in total. The maximum absolute atomic E-state index is 3.72. The summed E-state index contributed by atoms with van der Waals surface area (Å²) in [5, 5.41) is 3.72. The van der Waals surface area contributed by atoms with Crippen LogP contribution in [0.2, 0.25) is 0 Å². The SMILES string of the molecule is CCCNC(CC(CC)CC)C(C)CC. The van der Waals surface area contributed by atoms with Crippen LogP contribution in [0.15, 0.2) is 0 Å². The first-order valence-corrected chi connectivity index (χ1v) is 6.92. The molecule has 0 aliphatic rings. The van der Waals surface area contributed by atoms with Crippen molar-refractivity contribution >= 4 is 0 Å². The highest BCUT2D eigenvalue weighted by Gasteiger charge is 2.18. The van der Waals surface area contributed by atoms with Gasteiger partial charge in [-0.1, -0.05) is 53.9 Å². The average Bonchev–Trinajstić information content (AvgIpc) is 2.28. The first-order chi connectivity index (χ1) is 7.19. The minimum Gasteiger partial charge on any atom is -0.314 e. The Bertz CT molecular complexity index is 129. The van der Waals surface area contributed by atoms with Gasteiger partial charge in [-0.2, -0.15) is 0 Å². The number of hydrogen-bond acceptors (Lipinski definition) is 1. The van der Waals surface area contributed by atoms with E-state index in [1.165, 1.54) is 38.6 Å². The van der Waals surface area contributed by atoms with E-state index in [2.05, 4.69) is 39.9 Å². The molecule has 0 amide bonds. The van der Waals surface area contributed by atoms with Crippen LogP contribution >= 0.6 is 0 Å². The lowest BCUT2D eigenvalue weighted by atomic mass is 9.87. The minimum absolute atomic E-state index is 0.736. The Morgan fingerprint density at radius 2 is 1.53 bits per heavy atom. The smallest absolute Gasteiger partial charge is 0.00952 e. The first-order valence-electron chi connectivity index (χ1n) is 6.92. The Morgan fingerprint density at radius 3 is 1.93 bits per heavy atom. The molecule has 0 aliphatic carbocycles. The van der Waals surface area contributed by atoms with E-state index >= 15 is 0 Å². The van der Waals surface area contributed by atoms with Crippen LogP contribution in [0.5, 0.6) is 0 Å². The second-order valence-corrected chi connectivity index (χ2v) is 4.86. The van der Waals surface area contributed by atoms with Crippen molar-refractivity contribution in [3.63, 3.8) is 0 Å². The number of nitrogens with one attached hydrogen (secondary N) is 1. The molecular formula is C14H31N. The number of hydrogen-bond donors (Lipinski definition) is 1. The van der Waals surface area contributed by atoms with E-state index in [1.807, 2.05) is 0 Å². The van der Waals surface area contributed by atoms with Crippen LogP contribution in [0.3, 0.4) is 0 Å². The van der Waals surface area contributed by atoms with E-state index in [0.717, 1.165) is 17.9 Å². The Balaban J connectivity index is 4.09. The molecule has 0 heterocycles. The zero-order chi connectivity index (χ0) is 11.7. The van der Waals surface area contributed by atoms with Crippen molar-refractivity contribution in [2.45, 2.75) is 72.8 Å². The molecule has 0 rings (SSSR count). The molecule has 1 nitrogen and oxygen atoms in total. The van der Waals surface area contributed by atoms with Crippen LogP contribution < -0.4 is 5.32 Å². The summed E-state index contributed by atoms with van der Waals surface area (Å²) >= 11 is 0. The van der Waals surface area contributed by atoms with Crippen molar-refractivity contribution in [2.75, 3.05) is 6.54 Å². The van der Waals surface area contributed by atoms with Gasteiger partial charge in [0, 0.05) is 6.04 Å². The predicted molar refractivity (Wildman–Crippen MR) is 70.2 cm³/mol. The first kappa shape index (κ1) is 15.0. The monoisotopic (exact) mass is 213 g/mol. The molecule has 1 heteroatoms. The molecule has 0 saturated heterocycles. The summed E-state index contributed by atoms with van der Waals surface area (Å²) in [6, 6.07) is 0.736. The summed E-state index contributed by atoms with van der Waals surface area (Å²) in [5.41, 5.74) is 0. The zero-order valence-corrected chi connectivity index (χ0v) is 11.5. The standard InChI is InChI=1S/C14H31N/c1-6-10-15-14(12(5)7-2)11-13(8-3)9-4/h12-15H,6-11H2,1-5H3. The van der Waals surface area contributed by atoms with Gasteiger partial charge in [0.25, 0.3) is 0 Å². The van der Waals surface area contributed by atoms with Gasteiger partial charge < -0.3 is 5.32 Å². The Morgan fingerprint density at radius 1 is 0.933 bits per heavy atom. The third kappa shape index (κ3) is 6.19. The maximum atomic E-state index is 3.72. The quantitative estimate of drug-likeness (QED) is 0.604. The molecular weight excluding hydrogens is 182 g/mol. The van der Waals surface area contributed by atoms with E-state index in [-0.39, 0.29) is 0 Å². The Hall–Kier alpha value is -0.0400. The second kappa shape index (κ2) is 9.21. The minimum atomic E-state index is 0.736. The average molecular weight is 213 g/mol. The van der Waals surface area contributed by atoms with Crippen molar-refractivity contribution in [3.05, 3.63) is 0 Å². The fourth-order valence-corrected chi connectivity index (χ4v) is 2.11. The molecule has 92 valence electrons. The third-order valence-corrected chi connectivity index (χ3v) is 3.73. The van der Waals surface area contributed by atoms with Crippen LogP contribution in [0.4, 0.5) is 0 Å². The van der Waals surface area contributed by atoms with Crippen molar-refractivity contribution in [3.8, 4) is 0 Å². The molecule has 0 aromatic rings. The predicted octanol–water partition coefficient (Wildman–Crippen LogP) is 4.23.